The number of hydrogen-bond donors (Lipinski definition) is 4. The first-order valence-corrected chi connectivity index (χ1v) is 14.6. The molecule has 2 saturated heterocycles. The number of carbonyl (C=O) groups excluding carboxylic acids is 3. The molecule has 1 aromatic carbocycles. The van der Waals surface area contributed by atoms with Crippen molar-refractivity contribution in [3.05, 3.63) is 52.7 Å². The number of halogens is 4. The summed E-state index contributed by atoms with van der Waals surface area (Å²) in [4.78, 5) is 44.3. The van der Waals surface area contributed by atoms with Crippen molar-refractivity contribution in [2.45, 2.75) is 31.2 Å². The van der Waals surface area contributed by atoms with Crippen LogP contribution in [-0.2, 0) is 19.8 Å². The van der Waals surface area contributed by atoms with E-state index in [1.807, 2.05) is 0 Å². The number of fused-ring (bicyclic) bond motifs is 1. The van der Waals surface area contributed by atoms with Gasteiger partial charge in [0.05, 0.1) is 28.0 Å². The van der Waals surface area contributed by atoms with E-state index in [-0.39, 0.29) is 75.8 Å². The Hall–Kier alpha value is -4.55. The van der Waals surface area contributed by atoms with Crippen molar-refractivity contribution in [3.63, 3.8) is 0 Å². The largest absolute Gasteiger partial charge is 0.435 e. The Morgan fingerprint density at radius 2 is 1.93 bits per heavy atom. The van der Waals surface area contributed by atoms with Gasteiger partial charge in [0.2, 0.25) is 0 Å². The fourth-order valence-electron chi connectivity index (χ4n) is 6.01. The lowest BCUT2D eigenvalue weighted by Crippen LogP contribution is -2.46. The van der Waals surface area contributed by atoms with Gasteiger partial charge in [0.15, 0.2) is 11.5 Å². The first-order chi connectivity index (χ1) is 21.4. The Morgan fingerprint density at radius 3 is 2.58 bits per heavy atom. The maximum absolute atomic E-state index is 13.6. The third-order valence-corrected chi connectivity index (χ3v) is 8.70. The van der Waals surface area contributed by atoms with Crippen molar-refractivity contribution < 1.29 is 27.6 Å². The molecular formula is C29H29ClF3N9O3. The van der Waals surface area contributed by atoms with Gasteiger partial charge in [0, 0.05) is 62.5 Å². The quantitative estimate of drug-likeness (QED) is 0.292. The Morgan fingerprint density at radius 1 is 1.18 bits per heavy atom. The Labute approximate surface area is 260 Å². The molecule has 0 radical (unpaired) electrons. The van der Waals surface area contributed by atoms with Gasteiger partial charge in [-0.15, -0.1) is 6.42 Å². The van der Waals surface area contributed by atoms with Crippen LogP contribution in [0, 0.1) is 24.2 Å². The first-order valence-electron chi connectivity index (χ1n) is 14.2. The molecule has 4 atom stereocenters. The van der Waals surface area contributed by atoms with Crippen molar-refractivity contribution in [1.29, 1.82) is 0 Å². The van der Waals surface area contributed by atoms with Crippen LogP contribution in [0.5, 0.6) is 0 Å². The molecule has 0 bridgehead atoms. The second-order valence-electron chi connectivity index (χ2n) is 11.3. The zero-order valence-corrected chi connectivity index (χ0v) is 24.7. The number of urea groups is 1. The molecule has 45 heavy (non-hydrogen) atoms. The predicted molar refractivity (Wildman–Crippen MR) is 157 cm³/mol. The number of anilines is 1. The molecule has 1 saturated carbocycles. The van der Waals surface area contributed by atoms with Crippen LogP contribution in [0.3, 0.4) is 0 Å². The number of amides is 4. The molecule has 0 unspecified atom stereocenters. The van der Waals surface area contributed by atoms with Crippen molar-refractivity contribution in [2.24, 2.45) is 18.9 Å². The minimum Gasteiger partial charge on any atom is -0.349 e. The number of imidazole rings is 1. The number of likely N-dealkylation sites (tertiary alicyclic amines) is 1. The Kier molecular flexibility index (Phi) is 7.96. The van der Waals surface area contributed by atoms with Crippen LogP contribution in [-0.4, -0.2) is 80.3 Å². The molecule has 0 spiro atoms. The van der Waals surface area contributed by atoms with E-state index >= 15 is 0 Å². The zero-order chi connectivity index (χ0) is 32.0. The predicted octanol–water partition coefficient (Wildman–Crippen LogP) is 2.57. The van der Waals surface area contributed by atoms with Crippen LogP contribution >= 0.6 is 11.6 Å². The highest BCUT2D eigenvalue weighted by Gasteiger charge is 2.57. The van der Waals surface area contributed by atoms with Crippen molar-refractivity contribution in [2.75, 3.05) is 31.5 Å². The van der Waals surface area contributed by atoms with Crippen LogP contribution in [0.4, 0.5) is 23.7 Å². The summed E-state index contributed by atoms with van der Waals surface area (Å²) < 4.78 is 43.1. The number of rotatable bonds is 7. The third kappa shape index (κ3) is 6.07. The number of benzene rings is 1. The molecule has 6 rings (SSSR count). The third-order valence-electron chi connectivity index (χ3n) is 8.39. The number of terminal acetylenes is 1. The molecule has 3 aliphatic rings. The van der Waals surface area contributed by atoms with Crippen LogP contribution in [0.1, 0.15) is 33.1 Å². The number of nitrogens with one attached hydrogen (secondary N) is 4. The molecule has 12 nitrogen and oxygen atoms in total. The summed E-state index contributed by atoms with van der Waals surface area (Å²) in [6.45, 7) is 2.63. The average Bonchev–Trinajstić information content (AvgIpc) is 3.59. The molecule has 3 aromatic rings. The second kappa shape index (κ2) is 11.8. The van der Waals surface area contributed by atoms with Crippen LogP contribution in [0.15, 0.2) is 30.6 Å². The number of carbonyl (C=O) groups is 3. The van der Waals surface area contributed by atoms with E-state index in [0.29, 0.717) is 13.1 Å². The minimum absolute atomic E-state index is 0.0144. The van der Waals surface area contributed by atoms with E-state index in [2.05, 4.69) is 37.3 Å². The summed E-state index contributed by atoms with van der Waals surface area (Å²) in [5.74, 6) is 1.36. The van der Waals surface area contributed by atoms with Crippen molar-refractivity contribution in [3.8, 4) is 23.6 Å². The van der Waals surface area contributed by atoms with Gasteiger partial charge in [-0.05, 0) is 31.2 Å². The summed E-state index contributed by atoms with van der Waals surface area (Å²) in [5.41, 5.74) is -0.941. The zero-order valence-electron chi connectivity index (χ0n) is 24.0. The lowest BCUT2D eigenvalue weighted by molar-refractivity contribution is -0.141. The molecule has 2 aliphatic heterocycles. The van der Waals surface area contributed by atoms with Gasteiger partial charge < -0.3 is 30.7 Å². The highest BCUT2D eigenvalue weighted by atomic mass is 35.5. The Balaban J connectivity index is 1.06. The van der Waals surface area contributed by atoms with Crippen LogP contribution < -0.4 is 21.3 Å². The van der Waals surface area contributed by atoms with E-state index in [0.717, 1.165) is 36.6 Å². The SMILES string of the molecule is C#CCn1cc(-c2cnc(C(=O)Nc3ccc(C(=O)N[C@H]4[C@@H]5CN(C(=O)N[C@H]6CCNC6)C[C@@H]54)c(Cl)c3)n2C)c(C(F)(F)F)n1. The van der Waals surface area contributed by atoms with E-state index in [1.54, 1.807) is 4.90 Å². The summed E-state index contributed by atoms with van der Waals surface area (Å²) in [7, 11) is 1.41. The van der Waals surface area contributed by atoms with Crippen LogP contribution in [0.25, 0.3) is 11.3 Å². The first kappa shape index (κ1) is 30.5. The lowest BCUT2D eigenvalue weighted by atomic mass is 10.2. The van der Waals surface area contributed by atoms with E-state index in [4.69, 9.17) is 18.0 Å². The normalized spacial score (nSPS) is 22.1. The number of piperidine rings is 1. The number of hydrogen-bond acceptors (Lipinski definition) is 6. The highest BCUT2D eigenvalue weighted by molar-refractivity contribution is 6.34. The highest BCUT2D eigenvalue weighted by Crippen LogP contribution is 2.45. The van der Waals surface area contributed by atoms with Gasteiger partial charge in [-0.3, -0.25) is 14.3 Å². The van der Waals surface area contributed by atoms with Gasteiger partial charge in [-0.1, -0.05) is 17.5 Å². The topological polar surface area (TPSA) is 138 Å². The summed E-state index contributed by atoms with van der Waals surface area (Å²) in [5, 5.41) is 15.5. The van der Waals surface area contributed by atoms with E-state index in [9.17, 15) is 27.6 Å². The van der Waals surface area contributed by atoms with Gasteiger partial charge in [-0.25, -0.2) is 9.78 Å². The minimum atomic E-state index is -4.76. The molecule has 236 valence electrons. The molecule has 4 amide bonds. The van der Waals surface area contributed by atoms with Crippen molar-refractivity contribution >= 4 is 35.1 Å². The summed E-state index contributed by atoms with van der Waals surface area (Å²) in [6, 6.07) is 4.38. The number of nitrogens with zero attached hydrogens (tertiary/aromatic N) is 5. The number of alkyl halides is 3. The number of aromatic nitrogens is 4. The molecule has 4 N–H and O–H groups in total. The van der Waals surface area contributed by atoms with E-state index < -0.39 is 17.8 Å². The fourth-order valence-corrected chi connectivity index (χ4v) is 6.27. The van der Waals surface area contributed by atoms with Crippen LogP contribution in [0.2, 0.25) is 5.02 Å². The monoisotopic (exact) mass is 643 g/mol. The maximum Gasteiger partial charge on any atom is 0.435 e. The second-order valence-corrected chi connectivity index (χ2v) is 11.7. The molecule has 3 fully saturated rings. The summed E-state index contributed by atoms with van der Waals surface area (Å²) >= 11 is 6.40. The molecule has 1 aliphatic carbocycles. The van der Waals surface area contributed by atoms with Gasteiger partial charge >= 0.3 is 12.2 Å². The van der Waals surface area contributed by atoms with Gasteiger partial charge in [-0.2, -0.15) is 18.3 Å². The standard InChI is InChI=1S/C29H29ClF3N9O3/c1-3-8-42-14-20(24(39-42)29(31,32)33)22-11-35-25(40(22)2)27(44)36-15-4-5-17(21(30)9-15)26(43)38-23-18-12-41(13-19(18)23)28(45)37-16-6-7-34-10-16/h1,4-5,9,11,14,16,18-19,23,34H,6-8,10,12-13H2,2H3,(H,36,44)(H,37,45)(H,38,43)/t16-,18-,19+,23+/m0/s1. The average molecular weight is 644 g/mol. The van der Waals surface area contributed by atoms with Gasteiger partial charge in [0.25, 0.3) is 11.8 Å². The lowest BCUT2D eigenvalue weighted by Gasteiger charge is -2.23. The maximum atomic E-state index is 13.6. The molecule has 2 aromatic heterocycles. The summed E-state index contributed by atoms with van der Waals surface area (Å²) in [6.07, 6.45) is 3.67. The molecular weight excluding hydrogens is 615 g/mol. The smallest absolute Gasteiger partial charge is 0.349 e. The van der Waals surface area contributed by atoms with Gasteiger partial charge in [0.1, 0.15) is 6.54 Å². The van der Waals surface area contributed by atoms with Crippen molar-refractivity contribution in [1.82, 2.24) is 40.2 Å². The molecule has 16 heteroatoms. The Bertz CT molecular complexity index is 1690. The van der Waals surface area contributed by atoms with E-state index in [1.165, 1.54) is 29.8 Å². The fraction of sp³-hybridized carbons (Fsp3) is 0.414. The molecule has 4 heterocycles.